The Kier molecular flexibility index (Phi) is 5.74. The molecule has 0 aliphatic carbocycles. The van der Waals surface area contributed by atoms with E-state index in [1.807, 2.05) is 0 Å². The number of ether oxygens (including phenoxy) is 1. The van der Waals surface area contributed by atoms with Gasteiger partial charge in [0.1, 0.15) is 5.82 Å². The molecule has 2 rings (SSSR count). The fourth-order valence-corrected chi connectivity index (χ4v) is 2.04. The van der Waals surface area contributed by atoms with Gasteiger partial charge in [-0.15, -0.1) is 0 Å². The summed E-state index contributed by atoms with van der Waals surface area (Å²) in [6.45, 7) is 0.311. The lowest BCUT2D eigenvalue weighted by Gasteiger charge is -2.08. The summed E-state index contributed by atoms with van der Waals surface area (Å²) in [5.41, 5.74) is 0. The van der Waals surface area contributed by atoms with E-state index in [0.717, 1.165) is 18.7 Å². The third-order valence-electron chi connectivity index (χ3n) is 2.72. The molecule has 0 radical (unpaired) electrons. The Bertz CT molecular complexity index is 590. The highest BCUT2D eigenvalue weighted by molar-refractivity contribution is 9.10. The molecule has 0 fully saturated rings. The van der Waals surface area contributed by atoms with Gasteiger partial charge in [0.2, 0.25) is 0 Å². The van der Waals surface area contributed by atoms with E-state index >= 15 is 0 Å². The van der Waals surface area contributed by atoms with Crippen molar-refractivity contribution >= 4 is 21.8 Å². The Morgan fingerprint density at radius 1 is 1.48 bits per heavy atom. The molecule has 0 saturated carbocycles. The molecule has 0 bridgehead atoms. The Labute approximate surface area is 130 Å². The number of nitrogens with one attached hydrogen (secondary N) is 2. The van der Waals surface area contributed by atoms with Crippen LogP contribution in [0.4, 0.5) is 4.39 Å². The lowest BCUT2D eigenvalue weighted by molar-refractivity contribution is -0.123. The molecule has 0 spiro atoms. The summed E-state index contributed by atoms with van der Waals surface area (Å²) >= 11 is 3.15. The van der Waals surface area contributed by atoms with Gasteiger partial charge in [-0.2, -0.15) is 0 Å². The first-order valence-electron chi connectivity index (χ1n) is 6.48. The second kappa shape index (κ2) is 7.78. The number of benzene rings is 1. The van der Waals surface area contributed by atoms with Gasteiger partial charge in [-0.25, -0.2) is 9.37 Å². The van der Waals surface area contributed by atoms with E-state index in [2.05, 4.69) is 31.2 Å². The molecule has 1 aromatic carbocycles. The van der Waals surface area contributed by atoms with Crippen LogP contribution in [0.15, 0.2) is 35.1 Å². The second-order valence-corrected chi connectivity index (χ2v) is 5.27. The van der Waals surface area contributed by atoms with Gasteiger partial charge in [0.05, 0.1) is 0 Å². The molecule has 0 aliphatic rings. The largest absolute Gasteiger partial charge is 0.481 e. The molecular formula is C14H15BrFN3O2. The molecular weight excluding hydrogens is 341 g/mol. The first-order valence-corrected chi connectivity index (χ1v) is 7.27. The van der Waals surface area contributed by atoms with Gasteiger partial charge in [0.15, 0.2) is 18.2 Å². The predicted molar refractivity (Wildman–Crippen MR) is 79.5 cm³/mol. The van der Waals surface area contributed by atoms with Crippen molar-refractivity contribution in [3.8, 4) is 5.75 Å². The molecule has 7 heteroatoms. The second-order valence-electron chi connectivity index (χ2n) is 4.35. The zero-order valence-corrected chi connectivity index (χ0v) is 12.8. The lowest BCUT2D eigenvalue weighted by atomic mass is 10.3. The fourth-order valence-electron chi connectivity index (χ4n) is 1.70. The Balaban J connectivity index is 1.65. The van der Waals surface area contributed by atoms with Gasteiger partial charge in [-0.3, -0.25) is 4.79 Å². The van der Waals surface area contributed by atoms with Crippen LogP contribution in [-0.2, 0) is 11.2 Å². The summed E-state index contributed by atoms with van der Waals surface area (Å²) in [5.74, 6) is 0.160. The van der Waals surface area contributed by atoms with Crippen LogP contribution < -0.4 is 10.1 Å². The van der Waals surface area contributed by atoms with E-state index in [1.165, 1.54) is 12.1 Å². The molecule has 0 atom stereocenters. The van der Waals surface area contributed by atoms with Crippen LogP contribution in [0.5, 0.6) is 5.75 Å². The average molecular weight is 356 g/mol. The summed E-state index contributed by atoms with van der Waals surface area (Å²) in [6.07, 6.45) is 4.98. The number of imidazole rings is 1. The SMILES string of the molecule is O=C(COc1ccc(Br)cc1F)NCCCc1ncc[nH]1. The number of H-pyrrole nitrogens is 1. The number of aromatic amines is 1. The Morgan fingerprint density at radius 3 is 3.05 bits per heavy atom. The number of hydrogen-bond donors (Lipinski definition) is 2. The van der Waals surface area contributed by atoms with Crippen LogP contribution in [0.2, 0.25) is 0 Å². The minimum atomic E-state index is -0.505. The highest BCUT2D eigenvalue weighted by atomic mass is 79.9. The zero-order chi connectivity index (χ0) is 15.1. The first kappa shape index (κ1) is 15.5. The Hall–Kier alpha value is -1.89. The summed E-state index contributed by atoms with van der Waals surface area (Å²) in [4.78, 5) is 18.6. The number of hydrogen-bond acceptors (Lipinski definition) is 3. The summed E-state index contributed by atoms with van der Waals surface area (Å²) in [7, 11) is 0. The van der Waals surface area contributed by atoms with E-state index in [-0.39, 0.29) is 18.3 Å². The molecule has 2 aromatic rings. The summed E-state index contributed by atoms with van der Waals surface area (Å²) in [5, 5.41) is 2.71. The van der Waals surface area contributed by atoms with Crippen LogP contribution in [0.25, 0.3) is 0 Å². The van der Waals surface area contributed by atoms with Gasteiger partial charge in [-0.1, -0.05) is 15.9 Å². The van der Waals surface area contributed by atoms with Gasteiger partial charge in [-0.05, 0) is 24.6 Å². The molecule has 1 aromatic heterocycles. The molecule has 0 aliphatic heterocycles. The number of aromatic nitrogens is 2. The van der Waals surface area contributed by atoms with E-state index in [1.54, 1.807) is 18.5 Å². The van der Waals surface area contributed by atoms with Crippen molar-refractivity contribution in [1.29, 1.82) is 0 Å². The summed E-state index contributed by atoms with van der Waals surface area (Å²) < 4.78 is 19.2. The molecule has 1 heterocycles. The van der Waals surface area contributed by atoms with Crippen molar-refractivity contribution in [2.45, 2.75) is 12.8 Å². The molecule has 0 unspecified atom stereocenters. The van der Waals surface area contributed by atoms with E-state index in [9.17, 15) is 9.18 Å². The maximum atomic E-state index is 13.5. The number of amides is 1. The monoisotopic (exact) mass is 355 g/mol. The topological polar surface area (TPSA) is 67.0 Å². The zero-order valence-electron chi connectivity index (χ0n) is 11.2. The minimum Gasteiger partial charge on any atom is -0.481 e. The van der Waals surface area contributed by atoms with Crippen molar-refractivity contribution in [2.75, 3.05) is 13.2 Å². The minimum absolute atomic E-state index is 0.0592. The van der Waals surface area contributed by atoms with Crippen LogP contribution in [-0.4, -0.2) is 29.0 Å². The molecule has 112 valence electrons. The van der Waals surface area contributed by atoms with Gasteiger partial charge in [0.25, 0.3) is 5.91 Å². The third kappa shape index (κ3) is 5.18. The number of aryl methyl sites for hydroxylation is 1. The number of halogens is 2. The number of carbonyl (C=O) groups excluding carboxylic acids is 1. The van der Waals surface area contributed by atoms with Gasteiger partial charge < -0.3 is 15.0 Å². The lowest BCUT2D eigenvalue weighted by Crippen LogP contribution is -2.30. The van der Waals surface area contributed by atoms with E-state index < -0.39 is 5.82 Å². The molecule has 0 saturated heterocycles. The Morgan fingerprint density at radius 2 is 2.33 bits per heavy atom. The van der Waals surface area contributed by atoms with E-state index in [0.29, 0.717) is 11.0 Å². The summed E-state index contributed by atoms with van der Waals surface area (Å²) in [6, 6.07) is 4.42. The smallest absolute Gasteiger partial charge is 0.257 e. The highest BCUT2D eigenvalue weighted by Crippen LogP contribution is 2.21. The fraction of sp³-hybridized carbons (Fsp3) is 0.286. The number of nitrogens with zero attached hydrogens (tertiary/aromatic N) is 1. The molecule has 21 heavy (non-hydrogen) atoms. The van der Waals surface area contributed by atoms with Crippen molar-refractivity contribution in [1.82, 2.24) is 15.3 Å². The maximum Gasteiger partial charge on any atom is 0.257 e. The highest BCUT2D eigenvalue weighted by Gasteiger charge is 2.07. The maximum absolute atomic E-state index is 13.5. The number of carbonyl (C=O) groups is 1. The molecule has 2 N–H and O–H groups in total. The van der Waals surface area contributed by atoms with Crippen LogP contribution in [0, 0.1) is 5.82 Å². The quantitative estimate of drug-likeness (QED) is 0.749. The standard InChI is InChI=1S/C14H15BrFN3O2/c15-10-3-4-12(11(16)8-10)21-9-14(20)19-5-1-2-13-17-6-7-18-13/h3-4,6-8H,1-2,5,9H2,(H,17,18)(H,19,20). The van der Waals surface area contributed by atoms with Gasteiger partial charge >= 0.3 is 0 Å². The third-order valence-corrected chi connectivity index (χ3v) is 3.21. The molecule has 5 nitrogen and oxygen atoms in total. The normalized spacial score (nSPS) is 10.4. The van der Waals surface area contributed by atoms with Gasteiger partial charge in [0, 0.05) is 29.8 Å². The average Bonchev–Trinajstić information content (AvgIpc) is 2.96. The van der Waals surface area contributed by atoms with Crippen LogP contribution in [0.3, 0.4) is 0 Å². The predicted octanol–water partition coefficient (Wildman–Crippen LogP) is 2.44. The van der Waals surface area contributed by atoms with Crippen LogP contribution in [0.1, 0.15) is 12.2 Å². The van der Waals surface area contributed by atoms with E-state index in [4.69, 9.17) is 4.74 Å². The molecule has 1 amide bonds. The van der Waals surface area contributed by atoms with Crippen molar-refractivity contribution in [3.05, 3.63) is 46.7 Å². The first-order chi connectivity index (χ1) is 10.1. The van der Waals surface area contributed by atoms with Crippen molar-refractivity contribution < 1.29 is 13.9 Å². The van der Waals surface area contributed by atoms with Crippen molar-refractivity contribution in [2.24, 2.45) is 0 Å². The number of rotatable bonds is 7. The van der Waals surface area contributed by atoms with Crippen LogP contribution >= 0.6 is 15.9 Å². The van der Waals surface area contributed by atoms with Crippen molar-refractivity contribution in [3.63, 3.8) is 0 Å².